The molecule has 0 saturated heterocycles. The van der Waals surface area contributed by atoms with Crippen LogP contribution in [0.3, 0.4) is 0 Å². The van der Waals surface area contributed by atoms with Crippen molar-refractivity contribution in [1.29, 1.82) is 0 Å². The van der Waals surface area contributed by atoms with Gasteiger partial charge in [0.05, 0.1) is 17.4 Å². The molecule has 5 rings (SSSR count). The Balaban J connectivity index is 1.28. The number of nitrogens with one attached hydrogen (secondary N) is 1. The lowest BCUT2D eigenvalue weighted by molar-refractivity contribution is 0.286. The van der Waals surface area contributed by atoms with Crippen LogP contribution < -0.4 is 0 Å². The van der Waals surface area contributed by atoms with Crippen LogP contribution in [0.5, 0.6) is 0 Å². The van der Waals surface area contributed by atoms with E-state index in [1.54, 1.807) is 0 Å². The first-order chi connectivity index (χ1) is 14.7. The number of fused-ring (bicyclic) bond motifs is 1. The summed E-state index contributed by atoms with van der Waals surface area (Å²) in [6, 6.07) is 18.7. The van der Waals surface area contributed by atoms with Gasteiger partial charge in [0.25, 0.3) is 0 Å². The number of pyridine rings is 1. The first kappa shape index (κ1) is 19.3. The lowest BCUT2D eigenvalue weighted by Crippen LogP contribution is -2.19. The van der Waals surface area contributed by atoms with Gasteiger partial charge < -0.3 is 4.98 Å². The average molecular weight is 416 g/mol. The van der Waals surface area contributed by atoms with Crippen molar-refractivity contribution in [2.75, 3.05) is 0 Å². The number of benzene rings is 2. The lowest BCUT2D eigenvalue weighted by atomic mass is 9.73. The summed E-state index contributed by atoms with van der Waals surface area (Å²) in [6.45, 7) is 2.32. The quantitative estimate of drug-likeness (QED) is 0.378. The molecule has 0 unspecified atom stereocenters. The highest BCUT2D eigenvalue weighted by atomic mass is 35.5. The molecule has 4 aromatic rings. The number of hydrogen-bond donors (Lipinski definition) is 1. The Hall–Kier alpha value is -2.65. The molecule has 0 aliphatic heterocycles. The molecule has 3 nitrogen and oxygen atoms in total. The van der Waals surface area contributed by atoms with Crippen LogP contribution in [0.2, 0.25) is 5.02 Å². The number of aromatic amines is 1. The van der Waals surface area contributed by atoms with Gasteiger partial charge >= 0.3 is 0 Å². The van der Waals surface area contributed by atoms with Gasteiger partial charge in [-0.05, 0) is 72.9 Å². The summed E-state index contributed by atoms with van der Waals surface area (Å²) < 4.78 is 0. The van der Waals surface area contributed by atoms with Crippen LogP contribution in [0, 0.1) is 5.92 Å². The van der Waals surface area contributed by atoms with Crippen LogP contribution in [-0.4, -0.2) is 15.0 Å². The second-order valence-electron chi connectivity index (χ2n) is 8.51. The minimum absolute atomic E-state index is 0.432. The normalized spacial score (nSPS) is 20.3. The maximum atomic E-state index is 6.02. The third-order valence-corrected chi connectivity index (χ3v) is 7.04. The molecule has 2 aromatic carbocycles. The zero-order valence-corrected chi connectivity index (χ0v) is 17.9. The molecule has 152 valence electrons. The third kappa shape index (κ3) is 3.75. The maximum Gasteiger partial charge on any atom is 0.109 e. The van der Waals surface area contributed by atoms with Crippen molar-refractivity contribution in [1.82, 2.24) is 15.0 Å². The van der Waals surface area contributed by atoms with Gasteiger partial charge in [0.2, 0.25) is 0 Å². The minimum atomic E-state index is 0.432. The lowest BCUT2D eigenvalue weighted by Gasteiger charge is -2.32. The summed E-state index contributed by atoms with van der Waals surface area (Å²) in [4.78, 5) is 12.8. The fraction of sp³-hybridized carbons (Fsp3) is 0.308. The first-order valence-electron chi connectivity index (χ1n) is 10.8. The molecular formula is C26H26ClN3. The molecular weight excluding hydrogens is 390 g/mol. The van der Waals surface area contributed by atoms with Gasteiger partial charge in [-0.3, -0.25) is 4.98 Å². The van der Waals surface area contributed by atoms with Crippen molar-refractivity contribution >= 4 is 22.5 Å². The number of para-hydroxylation sites is 1. The van der Waals surface area contributed by atoms with E-state index in [0.29, 0.717) is 17.8 Å². The SMILES string of the molecule is C[C@@H](c1ncc(-c2ccc(Cl)cc2)[nH]1)C1CCC(c2ccnc3ccccc23)CC1. The maximum absolute atomic E-state index is 6.02. The molecule has 1 N–H and O–H groups in total. The van der Waals surface area contributed by atoms with Crippen molar-refractivity contribution in [3.63, 3.8) is 0 Å². The van der Waals surface area contributed by atoms with Crippen LogP contribution in [0.15, 0.2) is 67.0 Å². The number of H-pyrrole nitrogens is 1. The van der Waals surface area contributed by atoms with Crippen LogP contribution in [-0.2, 0) is 0 Å². The number of rotatable bonds is 4. The zero-order chi connectivity index (χ0) is 20.5. The van der Waals surface area contributed by atoms with Crippen LogP contribution in [0.1, 0.15) is 55.8 Å². The molecule has 2 heterocycles. The predicted octanol–water partition coefficient (Wildman–Crippen LogP) is 7.36. The number of nitrogens with zero attached hydrogens (tertiary/aromatic N) is 2. The van der Waals surface area contributed by atoms with Gasteiger partial charge in [0.15, 0.2) is 0 Å². The Kier molecular flexibility index (Phi) is 5.30. The molecule has 1 saturated carbocycles. The Morgan fingerprint density at radius 3 is 2.50 bits per heavy atom. The fourth-order valence-corrected chi connectivity index (χ4v) is 5.10. The molecule has 0 amide bonds. The highest BCUT2D eigenvalue weighted by molar-refractivity contribution is 6.30. The molecule has 0 radical (unpaired) electrons. The van der Waals surface area contributed by atoms with Gasteiger partial charge in [0, 0.05) is 22.5 Å². The van der Waals surface area contributed by atoms with E-state index in [2.05, 4.69) is 47.2 Å². The molecule has 2 aromatic heterocycles. The summed E-state index contributed by atoms with van der Waals surface area (Å²) in [5.41, 5.74) is 4.76. The number of imidazole rings is 1. The van der Waals surface area contributed by atoms with E-state index < -0.39 is 0 Å². The van der Waals surface area contributed by atoms with Gasteiger partial charge in [0.1, 0.15) is 5.82 Å². The van der Waals surface area contributed by atoms with E-state index in [0.717, 1.165) is 27.6 Å². The summed E-state index contributed by atoms with van der Waals surface area (Å²) in [5.74, 6) is 2.82. The van der Waals surface area contributed by atoms with Gasteiger partial charge in [-0.1, -0.05) is 48.9 Å². The summed E-state index contributed by atoms with van der Waals surface area (Å²) in [5, 5.41) is 2.07. The predicted molar refractivity (Wildman–Crippen MR) is 124 cm³/mol. The Bertz CT molecular complexity index is 1140. The van der Waals surface area contributed by atoms with Gasteiger partial charge in [-0.25, -0.2) is 4.98 Å². The highest BCUT2D eigenvalue weighted by Gasteiger charge is 2.29. The van der Waals surface area contributed by atoms with Gasteiger partial charge in [-0.2, -0.15) is 0 Å². The summed E-state index contributed by atoms with van der Waals surface area (Å²) >= 11 is 6.02. The molecule has 0 spiro atoms. The summed E-state index contributed by atoms with van der Waals surface area (Å²) in [7, 11) is 0. The molecule has 4 heteroatoms. The van der Waals surface area contributed by atoms with E-state index in [-0.39, 0.29) is 0 Å². The topological polar surface area (TPSA) is 41.6 Å². The molecule has 0 bridgehead atoms. The molecule has 1 fully saturated rings. The Labute approximate surface area is 182 Å². The van der Waals surface area contributed by atoms with Crippen LogP contribution in [0.25, 0.3) is 22.2 Å². The van der Waals surface area contributed by atoms with Crippen molar-refractivity contribution in [3.05, 3.63) is 83.4 Å². The first-order valence-corrected chi connectivity index (χ1v) is 11.2. The molecule has 1 aliphatic rings. The van der Waals surface area contributed by atoms with E-state index in [9.17, 15) is 0 Å². The van der Waals surface area contributed by atoms with E-state index in [1.807, 2.05) is 36.7 Å². The van der Waals surface area contributed by atoms with E-state index >= 15 is 0 Å². The van der Waals surface area contributed by atoms with Crippen LogP contribution >= 0.6 is 11.6 Å². The number of hydrogen-bond acceptors (Lipinski definition) is 2. The van der Waals surface area contributed by atoms with E-state index in [4.69, 9.17) is 16.6 Å². The van der Waals surface area contributed by atoms with Crippen molar-refractivity contribution in [2.45, 2.75) is 44.4 Å². The monoisotopic (exact) mass is 415 g/mol. The molecule has 30 heavy (non-hydrogen) atoms. The van der Waals surface area contributed by atoms with Crippen molar-refractivity contribution < 1.29 is 0 Å². The van der Waals surface area contributed by atoms with Crippen molar-refractivity contribution in [2.24, 2.45) is 5.92 Å². The largest absolute Gasteiger partial charge is 0.342 e. The molecule has 1 atom stereocenters. The number of halogens is 1. The Morgan fingerprint density at radius 1 is 0.933 bits per heavy atom. The summed E-state index contributed by atoms with van der Waals surface area (Å²) in [6.07, 6.45) is 8.85. The third-order valence-electron chi connectivity index (χ3n) is 6.78. The van der Waals surface area contributed by atoms with E-state index in [1.165, 1.54) is 36.6 Å². The van der Waals surface area contributed by atoms with Crippen LogP contribution in [0.4, 0.5) is 0 Å². The average Bonchev–Trinajstić information content (AvgIpc) is 3.29. The van der Waals surface area contributed by atoms with Crippen molar-refractivity contribution in [3.8, 4) is 11.3 Å². The van der Waals surface area contributed by atoms with Gasteiger partial charge in [-0.15, -0.1) is 0 Å². The zero-order valence-electron chi connectivity index (χ0n) is 17.2. The standard InChI is InChI=1S/C26H26ClN3/c1-17(26-29-16-25(30-26)20-10-12-21(27)13-11-20)18-6-8-19(9-7-18)22-14-15-28-24-5-3-2-4-23(22)24/h2-5,10-19H,6-9H2,1H3,(H,29,30)/t17-,18?,19?/m1/s1. The molecule has 1 aliphatic carbocycles. The Morgan fingerprint density at radius 2 is 1.70 bits per heavy atom. The second-order valence-corrected chi connectivity index (χ2v) is 8.94. The minimum Gasteiger partial charge on any atom is -0.342 e. The highest BCUT2D eigenvalue weighted by Crippen LogP contribution is 2.42. The second kappa shape index (κ2) is 8.23. The number of aromatic nitrogens is 3. The smallest absolute Gasteiger partial charge is 0.109 e. The fourth-order valence-electron chi connectivity index (χ4n) is 4.97.